The summed E-state index contributed by atoms with van der Waals surface area (Å²) in [5.74, 6) is -0.916. The topological polar surface area (TPSA) is 78.9 Å². The minimum atomic E-state index is -0.794. The summed E-state index contributed by atoms with van der Waals surface area (Å²) in [6.45, 7) is 6.50. The smallest absolute Gasteiger partial charge is 0.306 e. The van der Waals surface area contributed by atoms with Crippen LogP contribution < -0.4 is 0 Å². The Kier molecular flexibility index (Phi) is 65.3. The Bertz CT molecular complexity index is 1730. The van der Waals surface area contributed by atoms with Crippen molar-refractivity contribution in [2.75, 3.05) is 13.2 Å². The van der Waals surface area contributed by atoms with Crippen LogP contribution in [0.15, 0.2) is 134 Å². The lowest BCUT2D eigenvalue weighted by Crippen LogP contribution is -2.30. The second-order valence-electron chi connectivity index (χ2n) is 22.4. The van der Waals surface area contributed by atoms with Gasteiger partial charge in [-0.15, -0.1) is 0 Å². The zero-order valence-corrected chi connectivity index (χ0v) is 53.5. The van der Waals surface area contributed by atoms with E-state index in [1.165, 1.54) is 128 Å². The first-order chi connectivity index (χ1) is 40.5. The SMILES string of the molecule is CC/C=C\C/C=C\C/C=C\C/C=C\C/C=C\C/C=C\C/C=C\C/C=C\C/C=C\C/C=C\CCCCCCC(=O)OCC(COC(=O)CCCCCCC/C=C\CCCCCC)OC(=O)CCCCCCCCCCCCCCCCCC. The van der Waals surface area contributed by atoms with Gasteiger partial charge >= 0.3 is 17.9 Å². The zero-order valence-electron chi connectivity index (χ0n) is 53.5. The molecule has 0 aromatic rings. The number of hydrogen-bond donors (Lipinski definition) is 0. The van der Waals surface area contributed by atoms with E-state index >= 15 is 0 Å². The maximum Gasteiger partial charge on any atom is 0.306 e. The van der Waals surface area contributed by atoms with Gasteiger partial charge in [-0.3, -0.25) is 14.4 Å². The Morgan fingerprint density at radius 2 is 0.476 bits per heavy atom. The van der Waals surface area contributed by atoms with E-state index in [1.807, 2.05) is 0 Å². The maximum absolute atomic E-state index is 12.9. The summed E-state index contributed by atoms with van der Waals surface area (Å²) >= 11 is 0. The van der Waals surface area contributed by atoms with Crippen LogP contribution in [0.25, 0.3) is 0 Å². The number of esters is 3. The molecule has 6 nitrogen and oxygen atoms in total. The van der Waals surface area contributed by atoms with E-state index in [0.29, 0.717) is 19.3 Å². The molecule has 0 aliphatic heterocycles. The van der Waals surface area contributed by atoms with Gasteiger partial charge in [-0.25, -0.2) is 0 Å². The Morgan fingerprint density at radius 1 is 0.256 bits per heavy atom. The fourth-order valence-electron chi connectivity index (χ4n) is 9.29. The molecule has 0 rings (SSSR count). The Labute approximate surface area is 506 Å². The highest BCUT2D eigenvalue weighted by Gasteiger charge is 2.19. The van der Waals surface area contributed by atoms with Crippen LogP contribution in [0.4, 0.5) is 0 Å². The molecule has 0 bridgehead atoms. The Hall–Kier alpha value is -4.45. The molecule has 0 fully saturated rings. The van der Waals surface area contributed by atoms with Gasteiger partial charge in [-0.1, -0.05) is 302 Å². The average Bonchev–Trinajstić information content (AvgIpc) is 3.47. The van der Waals surface area contributed by atoms with Crippen LogP contribution in [0.2, 0.25) is 0 Å². The lowest BCUT2D eigenvalue weighted by molar-refractivity contribution is -0.167. The van der Waals surface area contributed by atoms with E-state index in [-0.39, 0.29) is 31.1 Å². The van der Waals surface area contributed by atoms with Crippen molar-refractivity contribution < 1.29 is 28.6 Å². The molecule has 1 atom stereocenters. The molecule has 0 aliphatic carbocycles. The van der Waals surface area contributed by atoms with E-state index in [4.69, 9.17) is 14.2 Å². The summed E-state index contributed by atoms with van der Waals surface area (Å²) in [4.78, 5) is 38.3. The van der Waals surface area contributed by atoms with Crippen molar-refractivity contribution in [3.8, 4) is 0 Å². The first-order valence-corrected chi connectivity index (χ1v) is 34.2. The minimum Gasteiger partial charge on any atom is -0.462 e. The normalized spacial score (nSPS) is 13.0. The third-order valence-electron chi connectivity index (χ3n) is 14.4. The largest absolute Gasteiger partial charge is 0.462 e. The fraction of sp³-hybridized carbons (Fsp3) is 0.671. The summed E-state index contributed by atoms with van der Waals surface area (Å²) in [6, 6.07) is 0. The van der Waals surface area contributed by atoms with Crippen LogP contribution in [0, 0.1) is 0 Å². The van der Waals surface area contributed by atoms with Gasteiger partial charge in [0.1, 0.15) is 13.2 Å². The van der Waals surface area contributed by atoms with Gasteiger partial charge in [0.05, 0.1) is 0 Å². The van der Waals surface area contributed by atoms with Gasteiger partial charge in [-0.05, 0) is 122 Å². The highest BCUT2D eigenvalue weighted by molar-refractivity contribution is 5.71. The van der Waals surface area contributed by atoms with Crippen LogP contribution in [0.3, 0.4) is 0 Å². The first kappa shape index (κ1) is 77.5. The molecule has 466 valence electrons. The third kappa shape index (κ3) is 66.4. The van der Waals surface area contributed by atoms with E-state index in [1.54, 1.807) is 0 Å². The number of carbonyl (C=O) groups is 3. The van der Waals surface area contributed by atoms with E-state index < -0.39 is 6.10 Å². The van der Waals surface area contributed by atoms with Crippen molar-refractivity contribution in [3.05, 3.63) is 134 Å². The average molecular weight is 1140 g/mol. The van der Waals surface area contributed by atoms with Gasteiger partial charge in [0.2, 0.25) is 0 Å². The van der Waals surface area contributed by atoms with Crippen LogP contribution in [-0.2, 0) is 28.6 Å². The second-order valence-corrected chi connectivity index (χ2v) is 22.4. The lowest BCUT2D eigenvalue weighted by atomic mass is 10.0. The van der Waals surface area contributed by atoms with E-state index in [0.717, 1.165) is 141 Å². The summed E-state index contributed by atoms with van der Waals surface area (Å²) in [7, 11) is 0. The van der Waals surface area contributed by atoms with Crippen molar-refractivity contribution in [1.82, 2.24) is 0 Å². The Morgan fingerprint density at radius 3 is 0.768 bits per heavy atom. The van der Waals surface area contributed by atoms with Crippen LogP contribution >= 0.6 is 0 Å². The highest BCUT2D eigenvalue weighted by Crippen LogP contribution is 2.16. The van der Waals surface area contributed by atoms with Gasteiger partial charge in [0, 0.05) is 19.3 Å². The number of hydrogen-bond acceptors (Lipinski definition) is 6. The van der Waals surface area contributed by atoms with Crippen molar-refractivity contribution in [2.45, 2.75) is 316 Å². The predicted octanol–water partition coefficient (Wildman–Crippen LogP) is 23.7. The molecule has 0 radical (unpaired) electrons. The molecule has 0 saturated heterocycles. The molecule has 6 heteroatoms. The number of allylic oxidation sites excluding steroid dienone is 22. The first-order valence-electron chi connectivity index (χ1n) is 34.2. The molecule has 82 heavy (non-hydrogen) atoms. The molecule has 0 aliphatic rings. The molecule has 0 amide bonds. The van der Waals surface area contributed by atoms with E-state index in [9.17, 15) is 14.4 Å². The van der Waals surface area contributed by atoms with E-state index in [2.05, 4.69) is 154 Å². The van der Waals surface area contributed by atoms with Crippen LogP contribution in [0.5, 0.6) is 0 Å². The van der Waals surface area contributed by atoms with Gasteiger partial charge in [-0.2, -0.15) is 0 Å². The number of carbonyl (C=O) groups excluding carboxylic acids is 3. The maximum atomic E-state index is 12.9. The second kappa shape index (κ2) is 69.0. The van der Waals surface area contributed by atoms with Crippen molar-refractivity contribution >= 4 is 17.9 Å². The van der Waals surface area contributed by atoms with Gasteiger partial charge in [0.25, 0.3) is 0 Å². The lowest BCUT2D eigenvalue weighted by Gasteiger charge is -2.18. The zero-order chi connectivity index (χ0) is 59.2. The standard InChI is InChI=1S/C76H126O6/c1-4-7-10-13-16-19-22-25-27-29-30-31-32-33-34-35-36-37-38-39-40-41-42-43-44-45-46-47-49-51-54-57-60-63-66-69-75(78)81-72-73(71-80-74(77)68-65-62-59-56-53-50-24-21-18-15-12-9-6-3)82-76(79)70-67-64-61-58-55-52-48-28-26-23-20-17-14-11-8-5-2/h7,10,16,19,21,24-25,27,30-31,33-34,36-37,39-40,42-43,45-46,49,51,73H,4-6,8-9,11-15,17-18,20,22-23,26,28-29,32,35,38,41,44,47-48,50,52-72H2,1-3H3/b10-7-,19-16-,24-21-,27-25-,31-30-,34-33-,37-36-,40-39-,43-42-,46-45-,51-49-. The van der Waals surface area contributed by atoms with Crippen LogP contribution in [0.1, 0.15) is 310 Å². The molecule has 0 heterocycles. The van der Waals surface area contributed by atoms with Gasteiger partial charge in [0.15, 0.2) is 6.10 Å². The monoisotopic (exact) mass is 1130 g/mol. The van der Waals surface area contributed by atoms with Crippen molar-refractivity contribution in [1.29, 1.82) is 0 Å². The molecule has 0 spiro atoms. The molecule has 0 aromatic heterocycles. The van der Waals surface area contributed by atoms with Crippen molar-refractivity contribution in [3.63, 3.8) is 0 Å². The number of ether oxygens (including phenoxy) is 3. The minimum absolute atomic E-state index is 0.0902. The molecule has 0 N–H and O–H groups in total. The molecule has 1 unspecified atom stereocenters. The molecule has 0 saturated carbocycles. The molecule has 0 aromatic carbocycles. The molecular weight excluding hydrogens is 1010 g/mol. The molecular formula is C76H126O6. The number of rotatable bonds is 61. The van der Waals surface area contributed by atoms with Gasteiger partial charge < -0.3 is 14.2 Å². The fourth-order valence-corrected chi connectivity index (χ4v) is 9.29. The highest BCUT2D eigenvalue weighted by atomic mass is 16.6. The summed E-state index contributed by atoms with van der Waals surface area (Å²) in [5.41, 5.74) is 0. The summed E-state index contributed by atoms with van der Waals surface area (Å²) < 4.78 is 16.9. The quantitative estimate of drug-likeness (QED) is 0.0261. The number of unbranched alkanes of at least 4 members (excludes halogenated alkanes) is 28. The predicted molar refractivity (Wildman–Crippen MR) is 357 cm³/mol. The summed E-state index contributed by atoms with van der Waals surface area (Å²) in [5, 5.41) is 0. The Balaban J connectivity index is 4.32. The van der Waals surface area contributed by atoms with Crippen molar-refractivity contribution in [2.24, 2.45) is 0 Å². The van der Waals surface area contributed by atoms with Crippen LogP contribution in [-0.4, -0.2) is 37.2 Å². The third-order valence-corrected chi connectivity index (χ3v) is 14.4. The summed E-state index contributed by atoms with van der Waals surface area (Å²) in [6.07, 6.45) is 97.5.